The average Bonchev–Trinajstić information content (AvgIpc) is 2.91. The van der Waals surface area contributed by atoms with E-state index in [0.29, 0.717) is 13.0 Å². The molecule has 1 aliphatic heterocycles. The standard InChI is InChI=1S/C13H14N4O2S.C2H6/c1-15-8-12-7-11(9-17(12)10-14)16-20(18,19)13-5-3-2-4-6-13;1-2/h2-6,11-12,16H,7-9H2;1-2H3/t11-,12-;/m1./s1. The smallest absolute Gasteiger partial charge is 0.240 e. The number of nitrogens with zero attached hydrogens (tertiary/aromatic N) is 3. The Morgan fingerprint density at radius 3 is 2.59 bits per heavy atom. The molecule has 6 nitrogen and oxygen atoms in total. The Balaban J connectivity index is 0.00000116. The van der Waals surface area contributed by atoms with Gasteiger partial charge in [0.05, 0.1) is 4.90 Å². The van der Waals surface area contributed by atoms with Crippen LogP contribution < -0.4 is 4.72 Å². The van der Waals surface area contributed by atoms with Gasteiger partial charge in [-0.25, -0.2) is 19.7 Å². The molecule has 0 saturated carbocycles. The first-order valence-electron chi connectivity index (χ1n) is 7.14. The van der Waals surface area contributed by atoms with Crippen molar-refractivity contribution in [2.24, 2.45) is 0 Å². The predicted molar refractivity (Wildman–Crippen MR) is 84.1 cm³/mol. The molecule has 7 heteroatoms. The van der Waals surface area contributed by atoms with Crippen molar-refractivity contribution in [1.82, 2.24) is 9.62 Å². The molecule has 22 heavy (non-hydrogen) atoms. The fourth-order valence-electron chi connectivity index (χ4n) is 2.29. The second-order valence-corrected chi connectivity index (χ2v) is 6.33. The van der Waals surface area contributed by atoms with Gasteiger partial charge in [0.15, 0.2) is 6.19 Å². The molecule has 1 heterocycles. The van der Waals surface area contributed by atoms with E-state index in [-0.39, 0.29) is 23.5 Å². The van der Waals surface area contributed by atoms with Gasteiger partial charge in [-0.05, 0) is 18.6 Å². The van der Waals surface area contributed by atoms with Gasteiger partial charge in [0, 0.05) is 12.6 Å². The highest BCUT2D eigenvalue weighted by atomic mass is 32.2. The number of nitrogens with one attached hydrogen (secondary N) is 1. The number of nitriles is 1. The van der Waals surface area contributed by atoms with E-state index in [1.165, 1.54) is 17.0 Å². The molecule has 0 amide bonds. The second kappa shape index (κ2) is 8.38. The fraction of sp³-hybridized carbons (Fsp3) is 0.467. The highest BCUT2D eigenvalue weighted by Gasteiger charge is 2.35. The van der Waals surface area contributed by atoms with Crippen molar-refractivity contribution in [2.75, 3.05) is 13.1 Å². The molecule has 118 valence electrons. The zero-order chi connectivity index (χ0) is 16.6. The molecule has 1 N–H and O–H groups in total. The van der Waals surface area contributed by atoms with Gasteiger partial charge in [-0.1, -0.05) is 32.0 Å². The molecular weight excluding hydrogens is 300 g/mol. The van der Waals surface area contributed by atoms with Crippen LogP contribution in [-0.4, -0.2) is 38.5 Å². The lowest BCUT2D eigenvalue weighted by molar-refractivity contribution is 0.380. The Morgan fingerprint density at radius 2 is 2.05 bits per heavy atom. The van der Waals surface area contributed by atoms with Crippen molar-refractivity contribution >= 4 is 10.0 Å². The number of sulfonamides is 1. The molecule has 0 spiro atoms. The summed E-state index contributed by atoms with van der Waals surface area (Å²) in [6.45, 7) is 11.4. The molecule has 1 aliphatic rings. The Morgan fingerprint density at radius 1 is 1.41 bits per heavy atom. The summed E-state index contributed by atoms with van der Waals surface area (Å²) in [6, 6.07) is 7.57. The number of likely N-dealkylation sites (tertiary alicyclic amines) is 1. The Labute approximate surface area is 132 Å². The molecule has 1 fully saturated rings. The van der Waals surface area contributed by atoms with Gasteiger partial charge >= 0.3 is 0 Å². The Kier molecular flexibility index (Phi) is 6.84. The van der Waals surface area contributed by atoms with Gasteiger partial charge in [-0.2, -0.15) is 5.26 Å². The molecule has 1 aromatic rings. The molecule has 1 saturated heterocycles. The molecule has 0 bridgehead atoms. The number of rotatable bonds is 4. The summed E-state index contributed by atoms with van der Waals surface area (Å²) < 4.78 is 27.0. The average molecular weight is 320 g/mol. The summed E-state index contributed by atoms with van der Waals surface area (Å²) in [7, 11) is -3.58. The van der Waals surface area contributed by atoms with Crippen LogP contribution in [0.4, 0.5) is 0 Å². The lowest BCUT2D eigenvalue weighted by atomic mass is 10.2. The van der Waals surface area contributed by atoms with Gasteiger partial charge in [0.2, 0.25) is 16.6 Å². The molecule has 1 aromatic carbocycles. The third kappa shape index (κ3) is 4.45. The van der Waals surface area contributed by atoms with E-state index in [9.17, 15) is 8.42 Å². The van der Waals surface area contributed by atoms with Crippen molar-refractivity contribution in [3.8, 4) is 6.19 Å². The van der Waals surface area contributed by atoms with Crippen LogP contribution in [0.15, 0.2) is 35.2 Å². The van der Waals surface area contributed by atoms with Crippen LogP contribution in [0.25, 0.3) is 4.85 Å². The van der Waals surface area contributed by atoms with Crippen LogP contribution in [-0.2, 0) is 10.0 Å². The van der Waals surface area contributed by atoms with Crippen molar-refractivity contribution in [3.05, 3.63) is 41.7 Å². The summed E-state index contributed by atoms with van der Waals surface area (Å²) in [5.41, 5.74) is 0. The van der Waals surface area contributed by atoms with E-state index >= 15 is 0 Å². The molecule has 2 atom stereocenters. The quantitative estimate of drug-likeness (QED) is 0.678. The van der Waals surface area contributed by atoms with Crippen LogP contribution in [0.2, 0.25) is 0 Å². The van der Waals surface area contributed by atoms with Gasteiger partial charge in [0.1, 0.15) is 6.04 Å². The minimum absolute atomic E-state index is 0.205. The highest BCUT2D eigenvalue weighted by molar-refractivity contribution is 7.89. The van der Waals surface area contributed by atoms with Gasteiger partial charge in [-0.15, -0.1) is 0 Å². The summed E-state index contributed by atoms with van der Waals surface area (Å²) in [5, 5.41) is 8.99. The highest BCUT2D eigenvalue weighted by Crippen LogP contribution is 2.19. The minimum atomic E-state index is -3.58. The van der Waals surface area contributed by atoms with Crippen molar-refractivity contribution in [3.63, 3.8) is 0 Å². The van der Waals surface area contributed by atoms with Crippen LogP contribution in [0, 0.1) is 18.0 Å². The first kappa shape index (κ1) is 18.0. The van der Waals surface area contributed by atoms with Crippen LogP contribution in [0.1, 0.15) is 20.3 Å². The third-order valence-electron chi connectivity index (χ3n) is 3.22. The van der Waals surface area contributed by atoms with Gasteiger partial charge < -0.3 is 4.85 Å². The lowest BCUT2D eigenvalue weighted by Gasteiger charge is -2.12. The lowest BCUT2D eigenvalue weighted by Crippen LogP contribution is -2.36. The van der Waals surface area contributed by atoms with Crippen molar-refractivity contribution in [1.29, 1.82) is 5.26 Å². The first-order valence-corrected chi connectivity index (χ1v) is 8.62. The molecule has 0 aliphatic carbocycles. The van der Waals surface area contributed by atoms with E-state index in [1.807, 2.05) is 20.0 Å². The molecule has 0 radical (unpaired) electrons. The first-order chi connectivity index (χ1) is 10.6. The van der Waals surface area contributed by atoms with Crippen LogP contribution in [0.3, 0.4) is 0 Å². The maximum atomic E-state index is 12.2. The van der Waals surface area contributed by atoms with E-state index in [4.69, 9.17) is 11.8 Å². The largest absolute Gasteiger partial charge is 0.315 e. The SMILES string of the molecule is CC.[C-]#[N+]C[C@H]1C[C@@H](NS(=O)(=O)c2ccccc2)CN1C#N. The number of benzene rings is 1. The fourth-order valence-corrected chi connectivity index (χ4v) is 3.55. The molecule has 0 unspecified atom stereocenters. The summed E-state index contributed by atoms with van der Waals surface area (Å²) >= 11 is 0. The summed E-state index contributed by atoms with van der Waals surface area (Å²) in [5.74, 6) is 0. The zero-order valence-corrected chi connectivity index (χ0v) is 13.5. The summed E-state index contributed by atoms with van der Waals surface area (Å²) in [6.07, 6.45) is 2.48. The van der Waals surface area contributed by atoms with Gasteiger partial charge in [0.25, 0.3) is 0 Å². The van der Waals surface area contributed by atoms with Crippen LogP contribution in [0.5, 0.6) is 0 Å². The molecule has 0 aromatic heterocycles. The van der Waals surface area contributed by atoms with E-state index in [1.54, 1.807) is 18.2 Å². The Bertz CT molecular complexity index is 646. The molecular formula is C15H20N4O2S. The van der Waals surface area contributed by atoms with E-state index in [0.717, 1.165) is 0 Å². The normalized spacial score (nSPS) is 20.5. The third-order valence-corrected chi connectivity index (χ3v) is 4.76. The zero-order valence-electron chi connectivity index (χ0n) is 12.7. The number of hydrogen-bond donors (Lipinski definition) is 1. The van der Waals surface area contributed by atoms with E-state index < -0.39 is 10.0 Å². The topological polar surface area (TPSA) is 77.6 Å². The summed E-state index contributed by atoms with van der Waals surface area (Å²) in [4.78, 5) is 4.96. The van der Waals surface area contributed by atoms with Crippen molar-refractivity contribution in [2.45, 2.75) is 37.2 Å². The van der Waals surface area contributed by atoms with Crippen LogP contribution >= 0.6 is 0 Å². The second-order valence-electron chi connectivity index (χ2n) is 4.61. The number of hydrogen-bond acceptors (Lipinski definition) is 4. The van der Waals surface area contributed by atoms with E-state index in [2.05, 4.69) is 9.57 Å². The predicted octanol–water partition coefficient (Wildman–Crippen LogP) is 1.83. The van der Waals surface area contributed by atoms with Crippen molar-refractivity contribution < 1.29 is 8.42 Å². The van der Waals surface area contributed by atoms with Gasteiger partial charge in [-0.3, -0.25) is 4.90 Å². The maximum Gasteiger partial charge on any atom is 0.240 e. The monoisotopic (exact) mass is 320 g/mol. The maximum absolute atomic E-state index is 12.2. The minimum Gasteiger partial charge on any atom is -0.315 e. The Hall–Kier alpha value is -2.09. The molecule has 2 rings (SSSR count).